The van der Waals surface area contributed by atoms with E-state index in [1.807, 2.05) is 0 Å². The minimum absolute atomic E-state index is 0.0370. The maximum atomic E-state index is 13.2. The Morgan fingerprint density at radius 3 is 2.56 bits per heavy atom. The summed E-state index contributed by atoms with van der Waals surface area (Å²) in [7, 11) is -1.72. The minimum atomic E-state index is -3.24. The fourth-order valence-electron chi connectivity index (χ4n) is 1.67. The molecule has 0 saturated heterocycles. The Morgan fingerprint density at radius 1 is 1.28 bits per heavy atom. The summed E-state index contributed by atoms with van der Waals surface area (Å²) in [5, 5.41) is 0. The number of sulfone groups is 1. The molecule has 0 radical (unpaired) electrons. The third-order valence-electron chi connectivity index (χ3n) is 2.44. The zero-order valence-electron chi connectivity index (χ0n) is 10.4. The molecule has 102 valence electrons. The first-order valence-corrected chi connectivity index (χ1v) is 7.47. The molecule has 2 N–H and O–H groups in total. The molecular weight excluding hydrogens is 257 g/mol. The summed E-state index contributed by atoms with van der Waals surface area (Å²) in [5.74, 6) is -0.586. The van der Waals surface area contributed by atoms with E-state index in [2.05, 4.69) is 0 Å². The highest BCUT2D eigenvalue weighted by Crippen LogP contribution is 2.13. The van der Waals surface area contributed by atoms with Crippen LogP contribution in [0.2, 0.25) is 0 Å². The number of rotatable bonds is 7. The molecule has 0 aromatic heterocycles. The van der Waals surface area contributed by atoms with E-state index in [4.69, 9.17) is 10.5 Å². The van der Waals surface area contributed by atoms with Crippen LogP contribution in [0.5, 0.6) is 0 Å². The molecule has 1 aromatic rings. The number of nitrogens with two attached hydrogens (primary N) is 1. The monoisotopic (exact) mass is 275 g/mol. The van der Waals surface area contributed by atoms with E-state index >= 15 is 0 Å². The second-order valence-electron chi connectivity index (χ2n) is 4.11. The van der Waals surface area contributed by atoms with E-state index in [1.54, 1.807) is 6.07 Å². The fourth-order valence-corrected chi connectivity index (χ4v) is 3.04. The van der Waals surface area contributed by atoms with Gasteiger partial charge >= 0.3 is 0 Å². The van der Waals surface area contributed by atoms with Gasteiger partial charge in [-0.2, -0.15) is 0 Å². The van der Waals surface area contributed by atoms with Gasteiger partial charge in [0, 0.05) is 20.3 Å². The number of hydrogen-bond donors (Lipinski definition) is 1. The lowest BCUT2D eigenvalue weighted by Crippen LogP contribution is -2.11. The topological polar surface area (TPSA) is 69.4 Å². The summed E-state index contributed by atoms with van der Waals surface area (Å²) < 4.78 is 41.6. The molecule has 0 heterocycles. The summed E-state index contributed by atoms with van der Waals surface area (Å²) in [5.41, 5.74) is 6.45. The molecule has 4 nitrogen and oxygen atoms in total. The SMILES string of the molecule is COCCCS(=O)(=O)Cc1cc(F)cc(CN)c1. The van der Waals surface area contributed by atoms with Crippen molar-refractivity contribution in [3.63, 3.8) is 0 Å². The van der Waals surface area contributed by atoms with Crippen molar-refractivity contribution in [3.05, 3.63) is 35.1 Å². The van der Waals surface area contributed by atoms with Gasteiger partial charge in [0.05, 0.1) is 11.5 Å². The van der Waals surface area contributed by atoms with Crippen molar-refractivity contribution in [2.45, 2.75) is 18.7 Å². The smallest absolute Gasteiger partial charge is 0.154 e. The minimum Gasteiger partial charge on any atom is -0.385 e. The van der Waals surface area contributed by atoms with Crippen LogP contribution in [0.25, 0.3) is 0 Å². The van der Waals surface area contributed by atoms with Gasteiger partial charge in [0.1, 0.15) is 5.82 Å². The van der Waals surface area contributed by atoms with E-state index in [-0.39, 0.29) is 18.1 Å². The molecular formula is C12H18FNO3S. The third kappa shape index (κ3) is 5.12. The molecule has 0 aliphatic heterocycles. The van der Waals surface area contributed by atoms with Gasteiger partial charge in [0.2, 0.25) is 0 Å². The summed E-state index contributed by atoms with van der Waals surface area (Å²) in [4.78, 5) is 0. The van der Waals surface area contributed by atoms with Gasteiger partial charge in [-0.1, -0.05) is 6.07 Å². The number of benzene rings is 1. The van der Waals surface area contributed by atoms with Crippen molar-refractivity contribution in [1.29, 1.82) is 0 Å². The van der Waals surface area contributed by atoms with Gasteiger partial charge in [-0.25, -0.2) is 12.8 Å². The molecule has 0 aliphatic rings. The van der Waals surface area contributed by atoms with Crippen molar-refractivity contribution in [2.75, 3.05) is 19.5 Å². The molecule has 0 fully saturated rings. The second-order valence-corrected chi connectivity index (χ2v) is 6.29. The zero-order valence-corrected chi connectivity index (χ0v) is 11.2. The van der Waals surface area contributed by atoms with Crippen molar-refractivity contribution in [1.82, 2.24) is 0 Å². The summed E-state index contributed by atoms with van der Waals surface area (Å²) in [6.07, 6.45) is 0.442. The van der Waals surface area contributed by atoms with Gasteiger partial charge in [0.15, 0.2) is 9.84 Å². The van der Waals surface area contributed by atoms with Gasteiger partial charge in [-0.15, -0.1) is 0 Å². The summed E-state index contributed by atoms with van der Waals surface area (Å²) >= 11 is 0. The number of methoxy groups -OCH3 is 1. The van der Waals surface area contributed by atoms with Crippen LogP contribution in [-0.2, 0) is 26.9 Å². The maximum Gasteiger partial charge on any atom is 0.154 e. The van der Waals surface area contributed by atoms with Gasteiger partial charge in [-0.05, 0) is 29.7 Å². The van der Waals surface area contributed by atoms with Crippen LogP contribution in [-0.4, -0.2) is 27.9 Å². The van der Waals surface area contributed by atoms with E-state index < -0.39 is 15.7 Å². The van der Waals surface area contributed by atoms with Crippen LogP contribution in [0.3, 0.4) is 0 Å². The average molecular weight is 275 g/mol. The predicted molar refractivity (Wildman–Crippen MR) is 68.3 cm³/mol. The highest BCUT2D eigenvalue weighted by Gasteiger charge is 2.13. The normalized spacial score (nSPS) is 11.7. The summed E-state index contributed by atoms with van der Waals surface area (Å²) in [6, 6.07) is 4.16. The average Bonchev–Trinajstić information content (AvgIpc) is 2.27. The van der Waals surface area contributed by atoms with Crippen LogP contribution < -0.4 is 5.73 Å². The lowest BCUT2D eigenvalue weighted by molar-refractivity contribution is 0.199. The fraction of sp³-hybridized carbons (Fsp3) is 0.500. The second kappa shape index (κ2) is 6.82. The highest BCUT2D eigenvalue weighted by molar-refractivity contribution is 7.90. The Labute approximate surface area is 107 Å². The third-order valence-corrected chi connectivity index (χ3v) is 4.13. The van der Waals surface area contributed by atoms with E-state index in [1.165, 1.54) is 19.2 Å². The van der Waals surface area contributed by atoms with Crippen LogP contribution in [0, 0.1) is 5.82 Å². The van der Waals surface area contributed by atoms with Gasteiger partial charge in [-0.3, -0.25) is 0 Å². The molecule has 6 heteroatoms. The lowest BCUT2D eigenvalue weighted by Gasteiger charge is -2.06. The highest BCUT2D eigenvalue weighted by atomic mass is 32.2. The van der Waals surface area contributed by atoms with Crippen LogP contribution >= 0.6 is 0 Å². The molecule has 0 spiro atoms. The van der Waals surface area contributed by atoms with Crippen LogP contribution in [0.1, 0.15) is 17.5 Å². The van der Waals surface area contributed by atoms with Crippen LogP contribution in [0.4, 0.5) is 4.39 Å². The first-order valence-electron chi connectivity index (χ1n) is 5.64. The van der Waals surface area contributed by atoms with E-state index in [0.717, 1.165) is 0 Å². The summed E-state index contributed by atoms with van der Waals surface area (Å²) in [6.45, 7) is 0.588. The van der Waals surface area contributed by atoms with Crippen molar-refractivity contribution in [2.24, 2.45) is 5.73 Å². The Balaban J connectivity index is 2.74. The zero-order chi connectivity index (χ0) is 13.6. The van der Waals surface area contributed by atoms with Crippen molar-refractivity contribution < 1.29 is 17.5 Å². The lowest BCUT2D eigenvalue weighted by atomic mass is 10.1. The quantitative estimate of drug-likeness (QED) is 0.760. The number of halogens is 1. The van der Waals surface area contributed by atoms with Crippen LogP contribution in [0.15, 0.2) is 18.2 Å². The predicted octanol–water partition coefficient (Wildman–Crippen LogP) is 1.24. The molecule has 0 unspecified atom stereocenters. The molecule has 1 aromatic carbocycles. The van der Waals surface area contributed by atoms with Gasteiger partial charge < -0.3 is 10.5 Å². The molecule has 0 bridgehead atoms. The number of hydrogen-bond acceptors (Lipinski definition) is 4. The number of ether oxygens (including phenoxy) is 1. The van der Waals surface area contributed by atoms with Gasteiger partial charge in [0.25, 0.3) is 0 Å². The molecule has 18 heavy (non-hydrogen) atoms. The molecule has 0 aliphatic carbocycles. The molecule has 1 rings (SSSR count). The Hall–Kier alpha value is -0.980. The van der Waals surface area contributed by atoms with Crippen molar-refractivity contribution >= 4 is 9.84 Å². The molecule has 0 saturated carbocycles. The largest absolute Gasteiger partial charge is 0.385 e. The standard InChI is InChI=1S/C12H18FNO3S/c1-17-3-2-4-18(15,16)9-11-5-10(8-14)6-12(13)7-11/h5-7H,2-4,8-9,14H2,1H3. The van der Waals surface area contributed by atoms with E-state index in [9.17, 15) is 12.8 Å². The van der Waals surface area contributed by atoms with Crippen molar-refractivity contribution in [3.8, 4) is 0 Å². The Bertz CT molecular complexity index is 488. The maximum absolute atomic E-state index is 13.2. The molecule has 0 atom stereocenters. The first kappa shape index (κ1) is 15.1. The Morgan fingerprint density at radius 2 is 1.94 bits per heavy atom. The van der Waals surface area contributed by atoms with E-state index in [0.29, 0.717) is 24.2 Å². The first-order chi connectivity index (χ1) is 8.46. The Kier molecular flexibility index (Phi) is 5.71. The molecule has 0 amide bonds.